The largest absolute Gasteiger partial charge is 0.497 e. The van der Waals surface area contributed by atoms with E-state index in [-0.39, 0.29) is 18.3 Å². The molecule has 0 aromatic heterocycles. The molecule has 6 heteroatoms. The van der Waals surface area contributed by atoms with Crippen LogP contribution < -0.4 is 15.4 Å². The molecule has 2 N–H and O–H groups in total. The maximum atomic E-state index is 11.9. The third-order valence-corrected chi connectivity index (χ3v) is 4.43. The van der Waals surface area contributed by atoms with E-state index in [1.165, 1.54) is 0 Å². The van der Waals surface area contributed by atoms with Gasteiger partial charge in [0.15, 0.2) is 0 Å². The summed E-state index contributed by atoms with van der Waals surface area (Å²) >= 11 is 1.55. The number of nitrogens with one attached hydrogen (secondary N) is 2. The molecule has 4 nitrogen and oxygen atoms in total. The second kappa shape index (κ2) is 9.18. The van der Waals surface area contributed by atoms with Gasteiger partial charge in [0.1, 0.15) is 5.75 Å². The second-order valence-electron chi connectivity index (χ2n) is 5.11. The summed E-state index contributed by atoms with van der Waals surface area (Å²) < 4.78 is 5.11. The Labute approximate surface area is 136 Å². The Kier molecular flexibility index (Phi) is 7.93. The lowest BCUT2D eigenvalue weighted by Crippen LogP contribution is -2.47. The first-order chi connectivity index (χ1) is 9.67. The highest BCUT2D eigenvalue weighted by molar-refractivity contribution is 8.00. The van der Waals surface area contributed by atoms with Crippen molar-refractivity contribution in [2.45, 2.75) is 36.7 Å². The van der Waals surface area contributed by atoms with E-state index in [4.69, 9.17) is 4.74 Å². The molecule has 1 aliphatic heterocycles. The number of carbonyl (C=O) groups is 1. The summed E-state index contributed by atoms with van der Waals surface area (Å²) in [5.74, 6) is 1.41. The van der Waals surface area contributed by atoms with E-state index in [1.54, 1.807) is 18.9 Å². The first-order valence-electron chi connectivity index (χ1n) is 6.97. The van der Waals surface area contributed by atoms with Crippen LogP contribution in [0, 0.1) is 0 Å². The molecule has 0 bridgehead atoms. The maximum absolute atomic E-state index is 11.9. The van der Waals surface area contributed by atoms with Crippen molar-refractivity contribution in [1.29, 1.82) is 0 Å². The van der Waals surface area contributed by atoms with Gasteiger partial charge in [-0.3, -0.25) is 4.79 Å². The highest BCUT2D eigenvalue weighted by Crippen LogP contribution is 2.21. The molecule has 0 saturated carbocycles. The summed E-state index contributed by atoms with van der Waals surface area (Å²) in [7, 11) is 1.65. The molecule has 0 aliphatic carbocycles. The fourth-order valence-corrected chi connectivity index (χ4v) is 3.06. The smallest absolute Gasteiger partial charge is 0.230 e. The van der Waals surface area contributed by atoms with Crippen LogP contribution in [0.15, 0.2) is 29.2 Å². The molecule has 1 saturated heterocycles. The first kappa shape index (κ1) is 18.1. The molecular weight excluding hydrogens is 308 g/mol. The molecule has 1 heterocycles. The van der Waals surface area contributed by atoms with Crippen molar-refractivity contribution in [1.82, 2.24) is 10.6 Å². The summed E-state index contributed by atoms with van der Waals surface area (Å²) in [6.45, 7) is 3.14. The zero-order valence-electron chi connectivity index (χ0n) is 12.4. The molecule has 118 valence electrons. The molecule has 0 radical (unpaired) electrons. The van der Waals surface area contributed by atoms with E-state index in [2.05, 4.69) is 17.6 Å². The van der Waals surface area contributed by atoms with Crippen LogP contribution in [0.5, 0.6) is 5.75 Å². The van der Waals surface area contributed by atoms with Gasteiger partial charge in [-0.2, -0.15) is 0 Å². The third kappa shape index (κ3) is 6.16. The molecule has 1 aromatic rings. The topological polar surface area (TPSA) is 50.4 Å². The van der Waals surface area contributed by atoms with E-state index in [1.807, 2.05) is 24.3 Å². The number of amides is 1. The van der Waals surface area contributed by atoms with Crippen molar-refractivity contribution in [3.8, 4) is 5.75 Å². The monoisotopic (exact) mass is 330 g/mol. The lowest BCUT2D eigenvalue weighted by Gasteiger charge is -2.28. The Bertz CT molecular complexity index is 442. The maximum Gasteiger partial charge on any atom is 0.230 e. The van der Waals surface area contributed by atoms with Gasteiger partial charge >= 0.3 is 0 Å². The summed E-state index contributed by atoms with van der Waals surface area (Å²) in [4.78, 5) is 13.0. The fourth-order valence-electron chi connectivity index (χ4n) is 2.35. The summed E-state index contributed by atoms with van der Waals surface area (Å²) in [5.41, 5.74) is 0. The summed E-state index contributed by atoms with van der Waals surface area (Å²) in [6.07, 6.45) is 2.03. The fraction of sp³-hybridized carbons (Fsp3) is 0.533. The molecule has 1 aromatic carbocycles. The van der Waals surface area contributed by atoms with Gasteiger partial charge in [0.2, 0.25) is 5.91 Å². The van der Waals surface area contributed by atoms with Gasteiger partial charge in [-0.15, -0.1) is 24.2 Å². The normalized spacial score (nSPS) is 21.2. The van der Waals surface area contributed by atoms with Crippen molar-refractivity contribution < 1.29 is 9.53 Å². The van der Waals surface area contributed by atoms with Crippen LogP contribution >= 0.6 is 24.2 Å². The highest BCUT2D eigenvalue weighted by Gasteiger charge is 2.19. The van der Waals surface area contributed by atoms with Crippen molar-refractivity contribution in [3.63, 3.8) is 0 Å². The molecule has 0 spiro atoms. The van der Waals surface area contributed by atoms with Crippen molar-refractivity contribution in [3.05, 3.63) is 24.3 Å². The quantitative estimate of drug-likeness (QED) is 0.814. The summed E-state index contributed by atoms with van der Waals surface area (Å²) in [5, 5.41) is 6.50. The Hall–Kier alpha value is -0.910. The van der Waals surface area contributed by atoms with Crippen LogP contribution in [0.2, 0.25) is 0 Å². The predicted molar refractivity (Wildman–Crippen MR) is 89.6 cm³/mol. The number of hydrogen-bond donors (Lipinski definition) is 2. The van der Waals surface area contributed by atoms with E-state index in [9.17, 15) is 4.79 Å². The van der Waals surface area contributed by atoms with Crippen LogP contribution in [0.4, 0.5) is 0 Å². The highest BCUT2D eigenvalue weighted by atomic mass is 35.5. The predicted octanol–water partition coefficient (Wildman–Crippen LogP) is 2.47. The minimum absolute atomic E-state index is 0. The lowest BCUT2D eigenvalue weighted by molar-refractivity contribution is -0.119. The number of thioether (sulfide) groups is 1. The van der Waals surface area contributed by atoms with E-state index in [0.717, 1.165) is 30.0 Å². The van der Waals surface area contributed by atoms with E-state index in [0.29, 0.717) is 17.8 Å². The average Bonchev–Trinajstić information content (AvgIpc) is 2.46. The van der Waals surface area contributed by atoms with Crippen LogP contribution in [-0.4, -0.2) is 37.4 Å². The van der Waals surface area contributed by atoms with Crippen molar-refractivity contribution >= 4 is 30.1 Å². The number of ether oxygens (including phenoxy) is 1. The number of halogens is 1. The van der Waals surface area contributed by atoms with Gasteiger partial charge in [-0.1, -0.05) is 0 Å². The van der Waals surface area contributed by atoms with Gasteiger partial charge < -0.3 is 15.4 Å². The van der Waals surface area contributed by atoms with Crippen LogP contribution in [0.3, 0.4) is 0 Å². The van der Waals surface area contributed by atoms with Crippen molar-refractivity contribution in [2.75, 3.05) is 19.4 Å². The molecule has 2 rings (SSSR count). The Balaban J connectivity index is 0.00000220. The molecule has 2 unspecified atom stereocenters. The van der Waals surface area contributed by atoms with Crippen LogP contribution in [0.1, 0.15) is 19.8 Å². The van der Waals surface area contributed by atoms with Gasteiger partial charge in [-0.05, 0) is 50.6 Å². The van der Waals surface area contributed by atoms with Crippen molar-refractivity contribution in [2.24, 2.45) is 0 Å². The van der Waals surface area contributed by atoms with Gasteiger partial charge in [-0.25, -0.2) is 0 Å². The average molecular weight is 331 g/mol. The number of carbonyl (C=O) groups excluding carboxylic acids is 1. The Morgan fingerprint density at radius 3 is 2.76 bits per heavy atom. The van der Waals surface area contributed by atoms with Gasteiger partial charge in [0, 0.05) is 17.0 Å². The molecule has 1 fully saturated rings. The van der Waals surface area contributed by atoms with E-state index < -0.39 is 0 Å². The number of piperidine rings is 1. The summed E-state index contributed by atoms with van der Waals surface area (Å²) in [6, 6.07) is 8.58. The molecule has 21 heavy (non-hydrogen) atoms. The minimum Gasteiger partial charge on any atom is -0.497 e. The number of rotatable bonds is 5. The standard InChI is InChI=1S/C15H22N2O2S.ClH/c1-11-9-12(7-8-16-11)17-15(18)10-20-14-5-3-13(19-2)4-6-14;/h3-6,11-12,16H,7-10H2,1-2H3,(H,17,18);1H. The number of hydrogen-bond acceptors (Lipinski definition) is 4. The molecule has 1 aliphatic rings. The van der Waals surface area contributed by atoms with Crippen LogP contribution in [0.25, 0.3) is 0 Å². The Morgan fingerprint density at radius 2 is 2.14 bits per heavy atom. The van der Waals surface area contributed by atoms with Gasteiger partial charge in [0.25, 0.3) is 0 Å². The second-order valence-corrected chi connectivity index (χ2v) is 6.16. The van der Waals surface area contributed by atoms with E-state index >= 15 is 0 Å². The molecular formula is C15H23ClN2O2S. The Morgan fingerprint density at radius 1 is 1.43 bits per heavy atom. The number of methoxy groups -OCH3 is 1. The number of benzene rings is 1. The minimum atomic E-state index is 0. The SMILES string of the molecule is COc1ccc(SCC(=O)NC2CCNC(C)C2)cc1.Cl. The molecule has 1 amide bonds. The lowest BCUT2D eigenvalue weighted by atomic mass is 10.0. The van der Waals surface area contributed by atoms with Crippen LogP contribution in [-0.2, 0) is 4.79 Å². The zero-order valence-corrected chi connectivity index (χ0v) is 14.1. The zero-order chi connectivity index (χ0) is 14.4. The van der Waals surface area contributed by atoms with Gasteiger partial charge in [0.05, 0.1) is 12.9 Å². The third-order valence-electron chi connectivity index (χ3n) is 3.42. The molecule has 2 atom stereocenters. The first-order valence-corrected chi connectivity index (χ1v) is 7.95.